The SMILES string of the molecule is CC(C)(C)c1ccc(-c2ccnc(CCN)n2)cc1. The molecule has 0 bridgehead atoms. The van der Waals surface area contributed by atoms with Gasteiger partial charge in [0.15, 0.2) is 0 Å². The second-order valence-corrected chi connectivity index (χ2v) is 5.72. The van der Waals surface area contributed by atoms with Crippen molar-refractivity contribution < 1.29 is 0 Å². The Labute approximate surface area is 114 Å². The lowest BCUT2D eigenvalue weighted by molar-refractivity contribution is 0.590. The van der Waals surface area contributed by atoms with E-state index in [1.165, 1.54) is 5.56 Å². The van der Waals surface area contributed by atoms with Crippen LogP contribution < -0.4 is 5.73 Å². The third-order valence-electron chi connectivity index (χ3n) is 3.12. The highest BCUT2D eigenvalue weighted by molar-refractivity contribution is 5.59. The number of rotatable bonds is 3. The summed E-state index contributed by atoms with van der Waals surface area (Å²) in [6, 6.07) is 10.5. The van der Waals surface area contributed by atoms with E-state index >= 15 is 0 Å². The van der Waals surface area contributed by atoms with Crippen molar-refractivity contribution in [3.05, 3.63) is 47.9 Å². The van der Waals surface area contributed by atoms with E-state index in [0.717, 1.165) is 17.1 Å². The number of aromatic nitrogens is 2. The fourth-order valence-electron chi connectivity index (χ4n) is 1.95. The van der Waals surface area contributed by atoms with Crippen LogP contribution in [0.25, 0.3) is 11.3 Å². The molecule has 1 aromatic heterocycles. The lowest BCUT2D eigenvalue weighted by Gasteiger charge is -2.19. The summed E-state index contributed by atoms with van der Waals surface area (Å²) in [5.74, 6) is 0.805. The van der Waals surface area contributed by atoms with Crippen LogP contribution in [0.3, 0.4) is 0 Å². The van der Waals surface area contributed by atoms with Gasteiger partial charge in [-0.05, 0) is 23.6 Å². The first kappa shape index (κ1) is 13.7. The lowest BCUT2D eigenvalue weighted by atomic mass is 9.86. The average Bonchev–Trinajstić information content (AvgIpc) is 2.39. The van der Waals surface area contributed by atoms with E-state index in [0.29, 0.717) is 13.0 Å². The zero-order valence-corrected chi connectivity index (χ0v) is 11.9. The van der Waals surface area contributed by atoms with Crippen molar-refractivity contribution in [2.45, 2.75) is 32.6 Å². The maximum Gasteiger partial charge on any atom is 0.130 e. The van der Waals surface area contributed by atoms with E-state index in [-0.39, 0.29) is 5.41 Å². The minimum absolute atomic E-state index is 0.176. The molecule has 0 spiro atoms. The predicted octanol–water partition coefficient (Wildman–Crippen LogP) is 2.94. The molecule has 0 aliphatic rings. The van der Waals surface area contributed by atoms with Gasteiger partial charge in [0, 0.05) is 18.2 Å². The molecular formula is C16H21N3. The van der Waals surface area contributed by atoms with Gasteiger partial charge in [0.05, 0.1) is 5.69 Å². The van der Waals surface area contributed by atoms with Gasteiger partial charge < -0.3 is 5.73 Å². The monoisotopic (exact) mass is 255 g/mol. The first-order valence-corrected chi connectivity index (χ1v) is 6.63. The van der Waals surface area contributed by atoms with Crippen LogP contribution in [0, 0.1) is 0 Å². The number of hydrogen-bond acceptors (Lipinski definition) is 3. The molecule has 0 aliphatic carbocycles. The van der Waals surface area contributed by atoms with Crippen molar-refractivity contribution in [2.24, 2.45) is 5.73 Å². The highest BCUT2D eigenvalue weighted by Gasteiger charge is 2.13. The first-order valence-electron chi connectivity index (χ1n) is 6.63. The maximum absolute atomic E-state index is 5.54. The molecule has 0 atom stereocenters. The molecule has 1 heterocycles. The zero-order chi connectivity index (χ0) is 13.9. The first-order chi connectivity index (χ1) is 9.00. The second-order valence-electron chi connectivity index (χ2n) is 5.72. The second kappa shape index (κ2) is 5.49. The van der Waals surface area contributed by atoms with Gasteiger partial charge in [0.1, 0.15) is 5.82 Å². The molecule has 0 radical (unpaired) electrons. The van der Waals surface area contributed by atoms with E-state index in [4.69, 9.17) is 5.73 Å². The topological polar surface area (TPSA) is 51.8 Å². The fraction of sp³-hybridized carbons (Fsp3) is 0.375. The van der Waals surface area contributed by atoms with Crippen molar-refractivity contribution in [3.8, 4) is 11.3 Å². The van der Waals surface area contributed by atoms with Gasteiger partial charge >= 0.3 is 0 Å². The molecule has 0 aliphatic heterocycles. The molecule has 100 valence electrons. The average molecular weight is 255 g/mol. The van der Waals surface area contributed by atoms with Crippen molar-refractivity contribution in [3.63, 3.8) is 0 Å². The molecule has 0 fully saturated rings. The Hall–Kier alpha value is -1.74. The van der Waals surface area contributed by atoms with Gasteiger partial charge in [0.2, 0.25) is 0 Å². The van der Waals surface area contributed by atoms with Crippen LogP contribution in [0.4, 0.5) is 0 Å². The Morgan fingerprint density at radius 1 is 1.05 bits per heavy atom. The van der Waals surface area contributed by atoms with Crippen LogP contribution in [0.1, 0.15) is 32.2 Å². The Bertz CT molecular complexity index is 539. The fourth-order valence-corrected chi connectivity index (χ4v) is 1.95. The van der Waals surface area contributed by atoms with Crippen molar-refractivity contribution in [1.82, 2.24) is 9.97 Å². The smallest absolute Gasteiger partial charge is 0.130 e. The normalized spacial score (nSPS) is 11.6. The summed E-state index contributed by atoms with van der Waals surface area (Å²) in [5, 5.41) is 0. The number of nitrogens with two attached hydrogens (primary N) is 1. The van der Waals surface area contributed by atoms with Crippen molar-refractivity contribution in [2.75, 3.05) is 6.54 Å². The van der Waals surface area contributed by atoms with Crippen LogP contribution in [0.15, 0.2) is 36.5 Å². The maximum atomic E-state index is 5.54. The van der Waals surface area contributed by atoms with Crippen LogP contribution in [-0.2, 0) is 11.8 Å². The molecule has 0 saturated heterocycles. The van der Waals surface area contributed by atoms with Gasteiger partial charge in [-0.1, -0.05) is 45.0 Å². The minimum Gasteiger partial charge on any atom is -0.330 e. The standard InChI is InChI=1S/C16H21N3/c1-16(2,3)13-6-4-12(5-7-13)14-9-11-18-15(19-14)8-10-17/h4-7,9,11H,8,10,17H2,1-3H3. The summed E-state index contributed by atoms with van der Waals surface area (Å²) in [4.78, 5) is 8.75. The molecule has 0 unspecified atom stereocenters. The number of hydrogen-bond donors (Lipinski definition) is 1. The van der Waals surface area contributed by atoms with E-state index < -0.39 is 0 Å². The molecule has 2 aromatic rings. The molecular weight excluding hydrogens is 234 g/mol. The quantitative estimate of drug-likeness (QED) is 0.917. The van der Waals surface area contributed by atoms with Crippen molar-refractivity contribution >= 4 is 0 Å². The highest BCUT2D eigenvalue weighted by Crippen LogP contribution is 2.25. The third-order valence-corrected chi connectivity index (χ3v) is 3.12. The Morgan fingerprint density at radius 3 is 2.32 bits per heavy atom. The van der Waals surface area contributed by atoms with Gasteiger partial charge in [-0.3, -0.25) is 0 Å². The summed E-state index contributed by atoms with van der Waals surface area (Å²) >= 11 is 0. The Balaban J connectivity index is 2.29. The summed E-state index contributed by atoms with van der Waals surface area (Å²) in [5.41, 5.74) is 9.12. The molecule has 2 N–H and O–H groups in total. The zero-order valence-electron chi connectivity index (χ0n) is 11.9. The lowest BCUT2D eigenvalue weighted by Crippen LogP contribution is -2.10. The van der Waals surface area contributed by atoms with E-state index in [1.807, 2.05) is 6.07 Å². The molecule has 1 aromatic carbocycles. The van der Waals surface area contributed by atoms with Gasteiger partial charge in [-0.15, -0.1) is 0 Å². The summed E-state index contributed by atoms with van der Waals surface area (Å²) in [6.07, 6.45) is 2.51. The molecule has 0 saturated carbocycles. The summed E-state index contributed by atoms with van der Waals surface area (Å²) < 4.78 is 0. The number of benzene rings is 1. The molecule has 0 amide bonds. The van der Waals surface area contributed by atoms with Crippen LogP contribution in [-0.4, -0.2) is 16.5 Å². The van der Waals surface area contributed by atoms with E-state index in [9.17, 15) is 0 Å². The minimum atomic E-state index is 0.176. The third kappa shape index (κ3) is 3.38. The van der Waals surface area contributed by atoms with Gasteiger partial charge in [-0.2, -0.15) is 0 Å². The molecule has 3 heteroatoms. The van der Waals surface area contributed by atoms with Crippen LogP contribution in [0.2, 0.25) is 0 Å². The molecule has 19 heavy (non-hydrogen) atoms. The van der Waals surface area contributed by atoms with Crippen LogP contribution in [0.5, 0.6) is 0 Å². The van der Waals surface area contributed by atoms with Gasteiger partial charge in [-0.25, -0.2) is 9.97 Å². The largest absolute Gasteiger partial charge is 0.330 e. The van der Waals surface area contributed by atoms with Crippen LogP contribution >= 0.6 is 0 Å². The van der Waals surface area contributed by atoms with E-state index in [1.54, 1.807) is 6.20 Å². The van der Waals surface area contributed by atoms with Gasteiger partial charge in [0.25, 0.3) is 0 Å². The summed E-state index contributed by atoms with van der Waals surface area (Å²) in [6.45, 7) is 7.22. The molecule has 3 nitrogen and oxygen atoms in total. The Morgan fingerprint density at radius 2 is 1.74 bits per heavy atom. The summed E-state index contributed by atoms with van der Waals surface area (Å²) in [7, 11) is 0. The highest BCUT2D eigenvalue weighted by atomic mass is 14.9. The van der Waals surface area contributed by atoms with E-state index in [2.05, 4.69) is 55.0 Å². The number of nitrogens with zero attached hydrogens (tertiary/aromatic N) is 2. The molecule has 2 rings (SSSR count). The van der Waals surface area contributed by atoms with Crippen molar-refractivity contribution in [1.29, 1.82) is 0 Å². The Kier molecular flexibility index (Phi) is 3.96. The predicted molar refractivity (Wildman–Crippen MR) is 78.9 cm³/mol.